The van der Waals surface area contributed by atoms with Crippen molar-refractivity contribution in [2.75, 3.05) is 24.7 Å². The van der Waals surface area contributed by atoms with E-state index in [9.17, 15) is 0 Å². The van der Waals surface area contributed by atoms with Crippen molar-refractivity contribution in [2.45, 2.75) is 6.92 Å². The van der Waals surface area contributed by atoms with Gasteiger partial charge in [0.15, 0.2) is 0 Å². The van der Waals surface area contributed by atoms with Crippen molar-refractivity contribution in [3.05, 3.63) is 54.1 Å². The molecule has 0 spiro atoms. The molecule has 3 rings (SSSR count). The van der Waals surface area contributed by atoms with Crippen molar-refractivity contribution in [1.82, 2.24) is 4.98 Å². The number of pyridine rings is 1. The summed E-state index contributed by atoms with van der Waals surface area (Å²) < 4.78 is 0. The van der Waals surface area contributed by atoms with E-state index in [-0.39, 0.29) is 0 Å². The predicted octanol–water partition coefficient (Wildman–Crippen LogP) is 3.86. The van der Waals surface area contributed by atoms with E-state index in [4.69, 9.17) is 10.7 Å². The molecule has 3 heteroatoms. The zero-order valence-corrected chi connectivity index (χ0v) is 12.6. The maximum Gasteiger partial charge on any atom is 0.136 e. The highest BCUT2D eigenvalue weighted by atomic mass is 15.1. The van der Waals surface area contributed by atoms with Crippen LogP contribution in [0.25, 0.3) is 22.0 Å². The van der Waals surface area contributed by atoms with Gasteiger partial charge < -0.3 is 10.6 Å². The van der Waals surface area contributed by atoms with E-state index >= 15 is 0 Å². The molecule has 0 saturated heterocycles. The van der Waals surface area contributed by atoms with E-state index in [0.29, 0.717) is 0 Å². The Hall–Kier alpha value is -2.55. The molecule has 0 aliphatic carbocycles. The number of rotatable bonds is 2. The van der Waals surface area contributed by atoms with Gasteiger partial charge in [-0.1, -0.05) is 36.4 Å². The lowest BCUT2D eigenvalue weighted by Crippen LogP contribution is -2.12. The van der Waals surface area contributed by atoms with Gasteiger partial charge in [0.2, 0.25) is 0 Å². The quantitative estimate of drug-likeness (QED) is 0.723. The number of aryl methyl sites for hydroxylation is 1. The van der Waals surface area contributed by atoms with Crippen molar-refractivity contribution < 1.29 is 0 Å². The first kappa shape index (κ1) is 13.4. The summed E-state index contributed by atoms with van der Waals surface area (Å²) in [6, 6.07) is 16.3. The molecular formula is C18H19N3. The van der Waals surface area contributed by atoms with Crippen molar-refractivity contribution in [1.29, 1.82) is 0 Å². The van der Waals surface area contributed by atoms with Gasteiger partial charge in [0.1, 0.15) is 5.82 Å². The van der Waals surface area contributed by atoms with Crippen LogP contribution in [0.5, 0.6) is 0 Å². The Morgan fingerprint density at radius 3 is 2.43 bits per heavy atom. The Bertz CT molecular complexity index is 807. The Morgan fingerprint density at radius 2 is 1.71 bits per heavy atom. The zero-order chi connectivity index (χ0) is 15.0. The second kappa shape index (κ2) is 5.09. The van der Waals surface area contributed by atoms with Crippen molar-refractivity contribution in [2.24, 2.45) is 0 Å². The van der Waals surface area contributed by atoms with Crippen LogP contribution >= 0.6 is 0 Å². The lowest BCUT2D eigenvalue weighted by molar-refractivity contribution is 1.08. The van der Waals surface area contributed by atoms with Gasteiger partial charge in [0, 0.05) is 36.1 Å². The monoisotopic (exact) mass is 277 g/mol. The van der Waals surface area contributed by atoms with Crippen LogP contribution in [-0.4, -0.2) is 19.1 Å². The average Bonchev–Trinajstić information content (AvgIpc) is 2.47. The van der Waals surface area contributed by atoms with Gasteiger partial charge in [0.25, 0.3) is 0 Å². The van der Waals surface area contributed by atoms with Crippen molar-refractivity contribution >= 4 is 22.3 Å². The van der Waals surface area contributed by atoms with Gasteiger partial charge in [-0.25, -0.2) is 4.98 Å². The third-order valence-electron chi connectivity index (χ3n) is 3.73. The molecule has 0 aliphatic heterocycles. The molecule has 0 radical (unpaired) electrons. The van der Waals surface area contributed by atoms with Crippen LogP contribution < -0.4 is 10.6 Å². The number of aromatic nitrogens is 1. The largest absolute Gasteiger partial charge is 0.398 e. The number of benzene rings is 2. The normalized spacial score (nSPS) is 10.8. The number of nitrogen functional groups attached to an aromatic ring is 1. The second-order valence-electron chi connectivity index (χ2n) is 5.48. The summed E-state index contributed by atoms with van der Waals surface area (Å²) in [6.45, 7) is 2.10. The van der Waals surface area contributed by atoms with E-state index in [1.807, 2.05) is 43.3 Å². The standard InChI is InChI=1S/C18H19N3/c1-12-7-4-5-8-13(12)17-11-15-14(9-6-10-16(15)19)18(20-17)21(2)3/h4-11H,19H2,1-3H3. The molecule has 2 aromatic carbocycles. The van der Waals surface area contributed by atoms with Crippen molar-refractivity contribution in [3.8, 4) is 11.3 Å². The van der Waals surface area contributed by atoms with Gasteiger partial charge in [-0.05, 0) is 24.6 Å². The summed E-state index contributed by atoms with van der Waals surface area (Å²) in [6.07, 6.45) is 0. The number of hydrogen-bond donors (Lipinski definition) is 1. The summed E-state index contributed by atoms with van der Waals surface area (Å²) in [5.74, 6) is 0.943. The van der Waals surface area contributed by atoms with Crippen LogP contribution in [0.4, 0.5) is 11.5 Å². The average molecular weight is 277 g/mol. The summed E-state index contributed by atoms with van der Waals surface area (Å²) in [7, 11) is 4.01. The minimum absolute atomic E-state index is 0.785. The number of fused-ring (bicyclic) bond motifs is 1. The molecule has 0 amide bonds. The van der Waals surface area contributed by atoms with Crippen LogP contribution in [0, 0.1) is 6.92 Å². The van der Waals surface area contributed by atoms with Gasteiger partial charge >= 0.3 is 0 Å². The highest BCUT2D eigenvalue weighted by Gasteiger charge is 2.12. The predicted molar refractivity (Wildman–Crippen MR) is 90.7 cm³/mol. The molecule has 0 fully saturated rings. The molecule has 0 saturated carbocycles. The fourth-order valence-corrected chi connectivity index (χ4v) is 2.62. The van der Waals surface area contributed by atoms with E-state index in [0.717, 1.165) is 33.5 Å². The SMILES string of the molecule is Cc1ccccc1-c1cc2c(N)cccc2c(N(C)C)n1. The molecule has 0 unspecified atom stereocenters. The molecule has 3 aromatic rings. The van der Waals surface area contributed by atoms with Crippen LogP contribution in [-0.2, 0) is 0 Å². The topological polar surface area (TPSA) is 42.1 Å². The summed E-state index contributed by atoms with van der Waals surface area (Å²) in [4.78, 5) is 6.87. The van der Waals surface area contributed by atoms with Crippen LogP contribution in [0.3, 0.4) is 0 Å². The minimum atomic E-state index is 0.785. The van der Waals surface area contributed by atoms with Gasteiger partial charge in [-0.2, -0.15) is 0 Å². The first-order chi connectivity index (χ1) is 10.1. The highest BCUT2D eigenvalue weighted by molar-refractivity contribution is 6.01. The smallest absolute Gasteiger partial charge is 0.136 e. The Kier molecular flexibility index (Phi) is 3.26. The Balaban J connectivity index is 2.36. The van der Waals surface area contributed by atoms with E-state index < -0.39 is 0 Å². The van der Waals surface area contributed by atoms with Gasteiger partial charge in [-0.3, -0.25) is 0 Å². The van der Waals surface area contributed by atoms with E-state index in [2.05, 4.69) is 31.2 Å². The Labute approximate surface area is 125 Å². The third-order valence-corrected chi connectivity index (χ3v) is 3.73. The van der Waals surface area contributed by atoms with E-state index in [1.165, 1.54) is 5.56 Å². The lowest BCUT2D eigenvalue weighted by atomic mass is 10.0. The van der Waals surface area contributed by atoms with Gasteiger partial charge in [-0.15, -0.1) is 0 Å². The summed E-state index contributed by atoms with van der Waals surface area (Å²) in [5, 5.41) is 2.13. The minimum Gasteiger partial charge on any atom is -0.398 e. The fraction of sp³-hybridized carbons (Fsp3) is 0.167. The van der Waals surface area contributed by atoms with Crippen LogP contribution in [0.1, 0.15) is 5.56 Å². The molecule has 2 N–H and O–H groups in total. The number of hydrogen-bond acceptors (Lipinski definition) is 3. The molecule has 0 aliphatic rings. The molecule has 106 valence electrons. The third kappa shape index (κ3) is 2.31. The first-order valence-corrected chi connectivity index (χ1v) is 7.00. The fourth-order valence-electron chi connectivity index (χ4n) is 2.62. The summed E-state index contributed by atoms with van der Waals surface area (Å²) in [5.41, 5.74) is 10.3. The van der Waals surface area contributed by atoms with Crippen LogP contribution in [0.2, 0.25) is 0 Å². The molecule has 1 heterocycles. The number of anilines is 2. The maximum absolute atomic E-state index is 6.16. The number of nitrogens with two attached hydrogens (primary N) is 1. The molecular weight excluding hydrogens is 258 g/mol. The zero-order valence-electron chi connectivity index (χ0n) is 12.6. The molecule has 0 atom stereocenters. The first-order valence-electron chi connectivity index (χ1n) is 7.00. The lowest BCUT2D eigenvalue weighted by Gasteiger charge is -2.17. The molecule has 1 aromatic heterocycles. The van der Waals surface area contributed by atoms with E-state index in [1.54, 1.807) is 0 Å². The molecule has 21 heavy (non-hydrogen) atoms. The second-order valence-corrected chi connectivity index (χ2v) is 5.48. The maximum atomic E-state index is 6.16. The number of nitrogens with zero attached hydrogens (tertiary/aromatic N) is 2. The Morgan fingerprint density at radius 1 is 0.952 bits per heavy atom. The van der Waals surface area contributed by atoms with Crippen molar-refractivity contribution in [3.63, 3.8) is 0 Å². The summed E-state index contributed by atoms with van der Waals surface area (Å²) >= 11 is 0. The van der Waals surface area contributed by atoms with Gasteiger partial charge in [0.05, 0.1) is 5.69 Å². The molecule has 3 nitrogen and oxygen atoms in total. The molecule has 0 bridgehead atoms. The van der Waals surface area contributed by atoms with Crippen LogP contribution in [0.15, 0.2) is 48.5 Å². The highest BCUT2D eigenvalue weighted by Crippen LogP contribution is 2.33.